The minimum absolute atomic E-state index is 0.0778. The lowest BCUT2D eigenvalue weighted by atomic mass is 9.72. The SMILES string of the molecule is CC1=C(/C=C/C(=O)/C=C/c2cccc(F)c2)C(C)(C)CCC1. The zero-order valence-corrected chi connectivity index (χ0v) is 13.5. The van der Waals surface area contributed by atoms with Gasteiger partial charge in [-0.3, -0.25) is 4.79 Å². The van der Waals surface area contributed by atoms with Crippen LogP contribution in [0.25, 0.3) is 6.08 Å². The van der Waals surface area contributed by atoms with Gasteiger partial charge in [0.1, 0.15) is 5.82 Å². The first-order chi connectivity index (χ1) is 10.4. The lowest BCUT2D eigenvalue weighted by molar-refractivity contribution is -0.110. The second-order valence-electron chi connectivity index (χ2n) is 6.56. The summed E-state index contributed by atoms with van der Waals surface area (Å²) in [5, 5.41) is 0. The van der Waals surface area contributed by atoms with Crippen LogP contribution in [-0.4, -0.2) is 5.78 Å². The van der Waals surface area contributed by atoms with Gasteiger partial charge in [-0.1, -0.05) is 43.7 Å². The van der Waals surface area contributed by atoms with E-state index in [0.29, 0.717) is 5.56 Å². The van der Waals surface area contributed by atoms with Gasteiger partial charge in [-0.25, -0.2) is 4.39 Å². The number of hydrogen-bond donors (Lipinski definition) is 0. The van der Waals surface area contributed by atoms with Crippen LogP contribution < -0.4 is 0 Å². The minimum atomic E-state index is -0.296. The molecule has 0 amide bonds. The number of halogens is 1. The van der Waals surface area contributed by atoms with E-state index in [1.165, 1.54) is 35.8 Å². The summed E-state index contributed by atoms with van der Waals surface area (Å²) in [6.07, 6.45) is 10.2. The highest BCUT2D eigenvalue weighted by Gasteiger charge is 2.26. The largest absolute Gasteiger partial charge is 0.290 e. The molecule has 0 aliphatic heterocycles. The molecule has 0 atom stereocenters. The monoisotopic (exact) mass is 298 g/mol. The van der Waals surface area contributed by atoms with Crippen LogP contribution in [0.1, 0.15) is 45.6 Å². The van der Waals surface area contributed by atoms with E-state index in [2.05, 4.69) is 20.8 Å². The van der Waals surface area contributed by atoms with Crippen LogP contribution in [0.5, 0.6) is 0 Å². The van der Waals surface area contributed by atoms with Crippen LogP contribution in [0.2, 0.25) is 0 Å². The number of rotatable bonds is 4. The quantitative estimate of drug-likeness (QED) is 0.672. The third-order valence-corrected chi connectivity index (χ3v) is 4.25. The van der Waals surface area contributed by atoms with Gasteiger partial charge in [0.05, 0.1) is 0 Å². The Labute approximate surface area is 132 Å². The Hall–Kier alpha value is -1.96. The molecule has 2 heteroatoms. The second kappa shape index (κ2) is 6.87. The second-order valence-corrected chi connectivity index (χ2v) is 6.56. The Balaban J connectivity index is 2.08. The summed E-state index contributed by atoms with van der Waals surface area (Å²) < 4.78 is 13.1. The van der Waals surface area contributed by atoms with Gasteiger partial charge in [0.15, 0.2) is 5.78 Å². The van der Waals surface area contributed by atoms with E-state index in [4.69, 9.17) is 0 Å². The van der Waals surface area contributed by atoms with E-state index in [-0.39, 0.29) is 17.0 Å². The van der Waals surface area contributed by atoms with Crippen molar-refractivity contribution in [3.05, 3.63) is 65.0 Å². The number of ketones is 1. The average molecular weight is 298 g/mol. The van der Waals surface area contributed by atoms with Crippen molar-refractivity contribution in [3.63, 3.8) is 0 Å². The molecular formula is C20H23FO. The van der Waals surface area contributed by atoms with Gasteiger partial charge in [-0.05, 0) is 67.0 Å². The van der Waals surface area contributed by atoms with Crippen molar-refractivity contribution in [1.82, 2.24) is 0 Å². The predicted octanol–water partition coefficient (Wildman–Crippen LogP) is 5.49. The van der Waals surface area contributed by atoms with Gasteiger partial charge in [-0.15, -0.1) is 0 Å². The molecule has 1 aliphatic carbocycles. The normalized spacial score (nSPS) is 18.4. The molecule has 0 N–H and O–H groups in total. The van der Waals surface area contributed by atoms with Crippen molar-refractivity contribution in [1.29, 1.82) is 0 Å². The molecule has 0 bridgehead atoms. The van der Waals surface area contributed by atoms with Crippen molar-refractivity contribution in [2.75, 3.05) is 0 Å². The number of allylic oxidation sites excluding steroid dienone is 5. The molecule has 1 nitrogen and oxygen atoms in total. The Kier molecular flexibility index (Phi) is 5.12. The number of carbonyl (C=O) groups is 1. The molecule has 1 aliphatic rings. The Morgan fingerprint density at radius 2 is 1.95 bits per heavy atom. The fraction of sp³-hybridized carbons (Fsp3) is 0.350. The third kappa shape index (κ3) is 4.27. The Morgan fingerprint density at radius 3 is 2.64 bits per heavy atom. The van der Waals surface area contributed by atoms with Crippen molar-refractivity contribution < 1.29 is 9.18 Å². The molecule has 0 saturated heterocycles. The Bertz CT molecular complexity index is 647. The smallest absolute Gasteiger partial charge is 0.178 e. The van der Waals surface area contributed by atoms with Crippen LogP contribution in [-0.2, 0) is 4.79 Å². The summed E-state index contributed by atoms with van der Waals surface area (Å²) in [5.41, 5.74) is 3.46. The average Bonchev–Trinajstić information content (AvgIpc) is 2.44. The molecule has 0 heterocycles. The lowest BCUT2D eigenvalue weighted by Crippen LogP contribution is -2.19. The van der Waals surface area contributed by atoms with Gasteiger partial charge in [-0.2, -0.15) is 0 Å². The predicted molar refractivity (Wildman–Crippen MR) is 89.9 cm³/mol. The fourth-order valence-electron chi connectivity index (χ4n) is 3.02. The van der Waals surface area contributed by atoms with E-state index < -0.39 is 0 Å². The summed E-state index contributed by atoms with van der Waals surface area (Å²) in [5.74, 6) is -0.374. The van der Waals surface area contributed by atoms with Crippen LogP contribution in [0, 0.1) is 11.2 Å². The number of benzene rings is 1. The van der Waals surface area contributed by atoms with E-state index in [1.807, 2.05) is 6.08 Å². The molecule has 0 spiro atoms. The summed E-state index contributed by atoms with van der Waals surface area (Å²) in [6, 6.07) is 6.20. The van der Waals surface area contributed by atoms with Gasteiger partial charge in [0.25, 0.3) is 0 Å². The molecule has 1 aromatic carbocycles. The van der Waals surface area contributed by atoms with Gasteiger partial charge >= 0.3 is 0 Å². The van der Waals surface area contributed by atoms with Gasteiger partial charge in [0, 0.05) is 0 Å². The summed E-state index contributed by atoms with van der Waals surface area (Å²) >= 11 is 0. The highest BCUT2D eigenvalue weighted by molar-refractivity contribution is 6.02. The van der Waals surface area contributed by atoms with E-state index in [1.54, 1.807) is 24.3 Å². The summed E-state index contributed by atoms with van der Waals surface area (Å²) in [4.78, 5) is 12.0. The molecule has 0 aromatic heterocycles. The number of hydrogen-bond acceptors (Lipinski definition) is 1. The maximum Gasteiger partial charge on any atom is 0.178 e. The molecule has 1 aromatic rings. The zero-order valence-electron chi connectivity index (χ0n) is 13.5. The first-order valence-electron chi connectivity index (χ1n) is 7.74. The van der Waals surface area contributed by atoms with Crippen molar-refractivity contribution in [3.8, 4) is 0 Å². The molecule has 116 valence electrons. The van der Waals surface area contributed by atoms with E-state index >= 15 is 0 Å². The molecule has 0 fully saturated rings. The van der Waals surface area contributed by atoms with Crippen molar-refractivity contribution >= 4 is 11.9 Å². The summed E-state index contributed by atoms with van der Waals surface area (Å²) in [7, 11) is 0. The standard InChI is InChI=1S/C20H23FO/c1-15-6-5-13-20(2,3)19(15)12-11-18(22)10-9-16-7-4-8-17(21)14-16/h4,7-12,14H,5-6,13H2,1-3H3/b10-9+,12-11+. The fourth-order valence-corrected chi connectivity index (χ4v) is 3.02. The highest BCUT2D eigenvalue weighted by Crippen LogP contribution is 2.40. The molecule has 0 unspecified atom stereocenters. The maximum absolute atomic E-state index is 13.1. The molecule has 22 heavy (non-hydrogen) atoms. The molecule has 2 rings (SSSR count). The molecule has 0 radical (unpaired) electrons. The lowest BCUT2D eigenvalue weighted by Gasteiger charge is -2.32. The first kappa shape index (κ1) is 16.4. The third-order valence-electron chi connectivity index (χ3n) is 4.25. The van der Waals surface area contributed by atoms with Gasteiger partial charge < -0.3 is 0 Å². The molecule has 0 saturated carbocycles. The first-order valence-corrected chi connectivity index (χ1v) is 7.74. The maximum atomic E-state index is 13.1. The van der Waals surface area contributed by atoms with Crippen molar-refractivity contribution in [2.24, 2.45) is 5.41 Å². The summed E-state index contributed by atoms with van der Waals surface area (Å²) in [6.45, 7) is 6.60. The van der Waals surface area contributed by atoms with Gasteiger partial charge in [0.2, 0.25) is 0 Å². The van der Waals surface area contributed by atoms with Crippen molar-refractivity contribution in [2.45, 2.75) is 40.0 Å². The van der Waals surface area contributed by atoms with Crippen LogP contribution >= 0.6 is 0 Å². The van der Waals surface area contributed by atoms with E-state index in [0.717, 1.165) is 12.8 Å². The Morgan fingerprint density at radius 1 is 1.23 bits per heavy atom. The zero-order chi connectivity index (χ0) is 16.2. The van der Waals surface area contributed by atoms with E-state index in [9.17, 15) is 9.18 Å². The van der Waals surface area contributed by atoms with Crippen LogP contribution in [0.15, 0.2) is 53.6 Å². The van der Waals surface area contributed by atoms with Crippen LogP contribution in [0.3, 0.4) is 0 Å². The molecular weight excluding hydrogens is 275 g/mol. The highest BCUT2D eigenvalue weighted by atomic mass is 19.1. The van der Waals surface area contributed by atoms with Crippen LogP contribution in [0.4, 0.5) is 4.39 Å². The minimum Gasteiger partial charge on any atom is -0.290 e. The number of carbonyl (C=O) groups excluding carboxylic acids is 1. The topological polar surface area (TPSA) is 17.1 Å².